The van der Waals surface area contributed by atoms with Gasteiger partial charge < -0.3 is 19.7 Å². The van der Waals surface area contributed by atoms with Crippen LogP contribution >= 0.6 is 11.8 Å². The van der Waals surface area contributed by atoms with Gasteiger partial charge in [-0.3, -0.25) is 4.79 Å². The number of para-hydroxylation sites is 1. The molecule has 2 aliphatic rings. The fraction of sp³-hybridized carbons (Fsp3) is 0.240. The molecule has 2 aromatic rings. The van der Waals surface area contributed by atoms with E-state index in [9.17, 15) is 9.59 Å². The molecule has 0 saturated heterocycles. The average molecular weight is 464 g/mol. The molecule has 2 heterocycles. The van der Waals surface area contributed by atoms with Crippen LogP contribution in [0.3, 0.4) is 0 Å². The van der Waals surface area contributed by atoms with Crippen LogP contribution in [-0.4, -0.2) is 35.2 Å². The number of amides is 1. The number of amidine groups is 1. The summed E-state index contributed by atoms with van der Waals surface area (Å²) in [4.78, 5) is 31.9. The topological polar surface area (TPSA) is 80.2 Å². The second-order valence-corrected chi connectivity index (χ2v) is 8.44. The molecular weight excluding hydrogens is 438 g/mol. The normalized spacial score (nSPS) is 16.9. The van der Waals surface area contributed by atoms with Crippen molar-refractivity contribution in [1.82, 2.24) is 4.90 Å². The third-order valence-electron chi connectivity index (χ3n) is 5.19. The minimum absolute atomic E-state index is 0.166. The standard InChI is InChI=1S/C25H25N3O4S/c1-4-31-24(30)22-17(3)26-25-28(12-13-33-25)23(22)19-10-5-6-11-20(19)32-15-21(29)27-18-9-7-8-16(2)14-18/h5-14,23H,4,15H2,1-3H3,(H,27,29). The van der Waals surface area contributed by atoms with Crippen LogP contribution in [0.1, 0.15) is 31.0 Å². The summed E-state index contributed by atoms with van der Waals surface area (Å²) in [5, 5.41) is 5.55. The number of aryl methyl sites for hydroxylation is 1. The number of ether oxygens (including phenoxy) is 2. The average Bonchev–Trinajstić information content (AvgIpc) is 3.25. The number of rotatable bonds is 7. The summed E-state index contributed by atoms with van der Waals surface area (Å²) >= 11 is 1.49. The highest BCUT2D eigenvalue weighted by Gasteiger charge is 2.38. The van der Waals surface area contributed by atoms with Gasteiger partial charge in [0.25, 0.3) is 5.91 Å². The Morgan fingerprint density at radius 2 is 1.97 bits per heavy atom. The maximum absolute atomic E-state index is 12.9. The summed E-state index contributed by atoms with van der Waals surface area (Å²) in [6.45, 7) is 5.64. The van der Waals surface area contributed by atoms with Crippen LogP contribution in [0.2, 0.25) is 0 Å². The SMILES string of the molecule is CCOC(=O)C1=C(C)N=C2SC=CN2C1c1ccccc1OCC(=O)Nc1cccc(C)c1. The van der Waals surface area contributed by atoms with E-state index < -0.39 is 12.0 Å². The number of nitrogens with zero attached hydrogens (tertiary/aromatic N) is 2. The summed E-state index contributed by atoms with van der Waals surface area (Å²) < 4.78 is 11.3. The van der Waals surface area contributed by atoms with E-state index in [0.717, 1.165) is 16.3 Å². The summed E-state index contributed by atoms with van der Waals surface area (Å²) in [5.74, 6) is -0.168. The Hall–Kier alpha value is -3.52. The third-order valence-corrected chi connectivity index (χ3v) is 5.96. The predicted octanol–water partition coefficient (Wildman–Crippen LogP) is 4.78. The predicted molar refractivity (Wildman–Crippen MR) is 130 cm³/mol. The van der Waals surface area contributed by atoms with Crippen molar-refractivity contribution in [2.45, 2.75) is 26.8 Å². The fourth-order valence-electron chi connectivity index (χ4n) is 3.78. The molecule has 0 aromatic heterocycles. The van der Waals surface area contributed by atoms with Gasteiger partial charge in [0.1, 0.15) is 5.75 Å². The molecule has 1 amide bonds. The van der Waals surface area contributed by atoms with Gasteiger partial charge in [-0.05, 0) is 49.9 Å². The van der Waals surface area contributed by atoms with E-state index in [1.54, 1.807) is 19.9 Å². The van der Waals surface area contributed by atoms with Gasteiger partial charge in [-0.2, -0.15) is 0 Å². The summed E-state index contributed by atoms with van der Waals surface area (Å²) in [7, 11) is 0. The fourth-order valence-corrected chi connectivity index (χ4v) is 4.57. The summed E-state index contributed by atoms with van der Waals surface area (Å²) in [5.41, 5.74) is 3.58. The van der Waals surface area contributed by atoms with Gasteiger partial charge in [0, 0.05) is 17.5 Å². The van der Waals surface area contributed by atoms with E-state index in [4.69, 9.17) is 9.47 Å². The largest absolute Gasteiger partial charge is 0.483 e. The maximum atomic E-state index is 12.9. The monoisotopic (exact) mass is 463 g/mol. The highest BCUT2D eigenvalue weighted by atomic mass is 32.2. The molecule has 0 fully saturated rings. The van der Waals surface area contributed by atoms with Crippen LogP contribution in [0, 0.1) is 6.92 Å². The minimum atomic E-state index is -0.473. The van der Waals surface area contributed by atoms with Gasteiger partial charge in [-0.25, -0.2) is 9.79 Å². The van der Waals surface area contributed by atoms with Crippen molar-refractivity contribution in [2.24, 2.45) is 4.99 Å². The van der Waals surface area contributed by atoms with Crippen molar-refractivity contribution < 1.29 is 19.1 Å². The van der Waals surface area contributed by atoms with Gasteiger partial charge >= 0.3 is 5.97 Å². The van der Waals surface area contributed by atoms with Crippen LogP contribution in [0.15, 0.2) is 76.4 Å². The van der Waals surface area contributed by atoms with Crippen molar-refractivity contribution in [3.8, 4) is 5.75 Å². The number of thioether (sulfide) groups is 1. The minimum Gasteiger partial charge on any atom is -0.483 e. The third kappa shape index (κ3) is 4.96. The van der Waals surface area contributed by atoms with E-state index in [-0.39, 0.29) is 19.1 Å². The molecular formula is C25H25N3O4S. The molecule has 8 heteroatoms. The number of aliphatic imine (C=N–C) groups is 1. The number of nitrogens with one attached hydrogen (secondary N) is 1. The first kappa shape index (κ1) is 22.7. The molecule has 170 valence electrons. The second kappa shape index (κ2) is 9.95. The molecule has 7 nitrogen and oxygen atoms in total. The Morgan fingerprint density at radius 3 is 2.76 bits per heavy atom. The Balaban J connectivity index is 1.60. The second-order valence-electron chi connectivity index (χ2n) is 7.57. The lowest BCUT2D eigenvalue weighted by Gasteiger charge is -2.34. The number of esters is 1. The van der Waals surface area contributed by atoms with Crippen LogP contribution in [0.25, 0.3) is 0 Å². The van der Waals surface area contributed by atoms with Gasteiger partial charge in [0.2, 0.25) is 0 Å². The van der Waals surface area contributed by atoms with E-state index in [2.05, 4.69) is 10.3 Å². The maximum Gasteiger partial charge on any atom is 0.338 e. The van der Waals surface area contributed by atoms with E-state index in [0.29, 0.717) is 22.7 Å². The van der Waals surface area contributed by atoms with Crippen LogP contribution in [0.5, 0.6) is 5.75 Å². The van der Waals surface area contributed by atoms with E-state index in [1.165, 1.54) is 11.8 Å². The molecule has 1 N–H and O–H groups in total. The molecule has 2 aromatic carbocycles. The Labute approximate surface area is 197 Å². The van der Waals surface area contributed by atoms with E-state index in [1.807, 2.05) is 65.9 Å². The Morgan fingerprint density at radius 1 is 1.15 bits per heavy atom. The number of carbonyl (C=O) groups excluding carboxylic acids is 2. The van der Waals surface area contributed by atoms with Crippen molar-refractivity contribution >= 4 is 34.5 Å². The molecule has 1 unspecified atom stereocenters. The Kier molecular flexibility index (Phi) is 6.84. The zero-order valence-corrected chi connectivity index (χ0v) is 19.5. The zero-order chi connectivity index (χ0) is 23.4. The number of hydrogen-bond acceptors (Lipinski definition) is 7. The number of fused-ring (bicyclic) bond motifs is 1. The van der Waals surface area contributed by atoms with Crippen LogP contribution < -0.4 is 10.1 Å². The van der Waals surface area contributed by atoms with Crippen LogP contribution in [0.4, 0.5) is 5.69 Å². The van der Waals surface area contributed by atoms with Gasteiger partial charge in [0.15, 0.2) is 11.8 Å². The number of benzene rings is 2. The molecule has 1 atom stereocenters. The molecule has 0 spiro atoms. The molecule has 0 radical (unpaired) electrons. The van der Waals surface area contributed by atoms with Gasteiger partial charge in [-0.15, -0.1) is 0 Å². The van der Waals surface area contributed by atoms with E-state index >= 15 is 0 Å². The first-order chi connectivity index (χ1) is 16.0. The highest BCUT2D eigenvalue weighted by molar-refractivity contribution is 8.16. The highest BCUT2D eigenvalue weighted by Crippen LogP contribution is 2.43. The number of hydrogen-bond donors (Lipinski definition) is 1. The first-order valence-corrected chi connectivity index (χ1v) is 11.5. The molecule has 4 rings (SSSR count). The smallest absolute Gasteiger partial charge is 0.338 e. The molecule has 2 aliphatic heterocycles. The molecule has 0 aliphatic carbocycles. The van der Waals surface area contributed by atoms with Crippen molar-refractivity contribution in [3.05, 3.63) is 82.5 Å². The summed E-state index contributed by atoms with van der Waals surface area (Å²) in [6, 6.07) is 14.5. The lowest BCUT2D eigenvalue weighted by molar-refractivity contribution is -0.139. The number of anilines is 1. The zero-order valence-electron chi connectivity index (χ0n) is 18.7. The number of carbonyl (C=O) groups is 2. The molecule has 0 bridgehead atoms. The van der Waals surface area contributed by atoms with Crippen LogP contribution in [-0.2, 0) is 14.3 Å². The number of allylic oxidation sites excluding steroid dienone is 1. The van der Waals surface area contributed by atoms with Gasteiger partial charge in [-0.1, -0.05) is 42.1 Å². The lowest BCUT2D eigenvalue weighted by atomic mass is 9.94. The van der Waals surface area contributed by atoms with Crippen molar-refractivity contribution in [2.75, 3.05) is 18.5 Å². The lowest BCUT2D eigenvalue weighted by Crippen LogP contribution is -2.34. The molecule has 33 heavy (non-hydrogen) atoms. The first-order valence-electron chi connectivity index (χ1n) is 10.6. The van der Waals surface area contributed by atoms with Crippen molar-refractivity contribution in [1.29, 1.82) is 0 Å². The quantitative estimate of drug-likeness (QED) is 0.595. The van der Waals surface area contributed by atoms with Gasteiger partial charge in [0.05, 0.1) is 23.9 Å². The Bertz CT molecular complexity index is 1170. The van der Waals surface area contributed by atoms with Crippen molar-refractivity contribution in [3.63, 3.8) is 0 Å². The summed E-state index contributed by atoms with van der Waals surface area (Å²) in [6.07, 6.45) is 1.89. The molecule has 0 saturated carbocycles.